The molecule has 4 rings (SSSR count). The molecule has 7 nitrogen and oxygen atoms in total. The van der Waals surface area contributed by atoms with Gasteiger partial charge in [0.25, 0.3) is 0 Å². The highest BCUT2D eigenvalue weighted by atomic mass is 32.2. The number of hydrogen-bond donors (Lipinski definition) is 3. The van der Waals surface area contributed by atoms with E-state index in [0.29, 0.717) is 17.0 Å². The molecule has 0 saturated heterocycles. The average Bonchev–Trinajstić information content (AvgIpc) is 3.29. The van der Waals surface area contributed by atoms with Crippen LogP contribution in [-0.2, 0) is 22.9 Å². The molecule has 1 unspecified atom stereocenters. The van der Waals surface area contributed by atoms with Gasteiger partial charge in [0.2, 0.25) is 10.0 Å². The van der Waals surface area contributed by atoms with Crippen LogP contribution in [0.15, 0.2) is 77.7 Å². The molecular weight excluding hydrogens is 500 g/mol. The van der Waals surface area contributed by atoms with Crippen LogP contribution in [0.4, 0.5) is 0 Å². The maximum atomic E-state index is 13.3. The fourth-order valence-corrected chi connectivity index (χ4v) is 6.52. The van der Waals surface area contributed by atoms with Crippen LogP contribution in [0.2, 0.25) is 0 Å². The van der Waals surface area contributed by atoms with Crippen LogP contribution >= 0.6 is 0 Å². The third-order valence-electron chi connectivity index (χ3n) is 7.23. The number of β-amino-alcohol motifs (C(OH)–C–C–N with tert-alkyl or cyclic N) is 1. The summed E-state index contributed by atoms with van der Waals surface area (Å²) in [6.45, 7) is 4.48. The second-order valence-electron chi connectivity index (χ2n) is 10.9. The Morgan fingerprint density at radius 3 is 2.24 bits per heavy atom. The highest BCUT2D eigenvalue weighted by Crippen LogP contribution is 2.32. The van der Waals surface area contributed by atoms with Crippen molar-refractivity contribution in [3.05, 3.63) is 89.5 Å². The van der Waals surface area contributed by atoms with Crippen molar-refractivity contribution in [3.63, 3.8) is 0 Å². The normalized spacial score (nSPS) is 15.0. The van der Waals surface area contributed by atoms with Crippen LogP contribution in [0.1, 0.15) is 41.8 Å². The third kappa shape index (κ3) is 6.69. The predicted octanol–water partition coefficient (Wildman–Crippen LogP) is 4.21. The van der Waals surface area contributed by atoms with Crippen LogP contribution in [0, 0.1) is 5.92 Å². The molecule has 0 heterocycles. The van der Waals surface area contributed by atoms with Gasteiger partial charge in [-0.15, -0.1) is 0 Å². The van der Waals surface area contributed by atoms with E-state index in [-0.39, 0.29) is 29.1 Å². The molecule has 0 fully saturated rings. The van der Waals surface area contributed by atoms with E-state index in [9.17, 15) is 18.3 Å². The largest absolute Gasteiger partial charge is 0.478 e. The maximum absolute atomic E-state index is 13.3. The molecule has 0 aliphatic heterocycles. The molecule has 1 aliphatic rings. The van der Waals surface area contributed by atoms with Crippen LogP contribution < -0.4 is 5.32 Å². The molecule has 0 aromatic heterocycles. The van der Waals surface area contributed by atoms with Crippen LogP contribution in [0.3, 0.4) is 0 Å². The summed E-state index contributed by atoms with van der Waals surface area (Å²) in [4.78, 5) is 11.2. The number of carboxylic acids is 1. The van der Waals surface area contributed by atoms with E-state index >= 15 is 0 Å². The van der Waals surface area contributed by atoms with Crippen molar-refractivity contribution in [3.8, 4) is 11.1 Å². The lowest BCUT2D eigenvalue weighted by molar-refractivity contribution is 0.0697. The summed E-state index contributed by atoms with van der Waals surface area (Å²) in [5.41, 5.74) is 4.18. The number of hydrogen-bond acceptors (Lipinski definition) is 5. The number of aliphatic hydroxyl groups is 1. The minimum atomic E-state index is -3.84. The number of nitrogens with one attached hydrogen (secondary N) is 1. The standard InChI is InChI=1S/C30H36N2O5S/c1-30(2,18-21-15-24-7-4-5-8-25(24)16-21)31-19-27(33)20-32(3)38(36,37)28-10-6-9-26(17-28)22-11-13-23(14-12-22)29(34)35/h4-14,17,21,27,31,33H,15-16,18-20H2,1-3H3,(H,34,35). The number of aromatic carboxylic acids is 1. The summed E-state index contributed by atoms with van der Waals surface area (Å²) in [5, 5.41) is 23.2. The third-order valence-corrected chi connectivity index (χ3v) is 9.05. The molecule has 0 amide bonds. The fourth-order valence-electron chi connectivity index (χ4n) is 5.26. The van der Waals surface area contributed by atoms with Gasteiger partial charge < -0.3 is 15.5 Å². The van der Waals surface area contributed by atoms with E-state index < -0.39 is 22.1 Å². The van der Waals surface area contributed by atoms with Gasteiger partial charge in [-0.1, -0.05) is 48.5 Å². The van der Waals surface area contributed by atoms with Gasteiger partial charge in [0.1, 0.15) is 0 Å². The smallest absolute Gasteiger partial charge is 0.335 e. The lowest BCUT2D eigenvalue weighted by atomic mass is 9.88. The van der Waals surface area contributed by atoms with Crippen molar-refractivity contribution >= 4 is 16.0 Å². The maximum Gasteiger partial charge on any atom is 0.335 e. The van der Waals surface area contributed by atoms with Gasteiger partial charge in [0.15, 0.2) is 0 Å². The fraction of sp³-hybridized carbons (Fsp3) is 0.367. The van der Waals surface area contributed by atoms with Crippen LogP contribution in [0.5, 0.6) is 0 Å². The van der Waals surface area contributed by atoms with Gasteiger partial charge in [-0.05, 0) is 85.5 Å². The molecule has 38 heavy (non-hydrogen) atoms. The molecule has 3 aromatic rings. The number of rotatable bonds is 11. The highest BCUT2D eigenvalue weighted by Gasteiger charge is 2.29. The summed E-state index contributed by atoms with van der Waals surface area (Å²) < 4.78 is 27.7. The van der Waals surface area contributed by atoms with E-state index in [1.807, 2.05) is 0 Å². The van der Waals surface area contributed by atoms with Gasteiger partial charge >= 0.3 is 5.97 Å². The Morgan fingerprint density at radius 1 is 1.00 bits per heavy atom. The van der Waals surface area contributed by atoms with Crippen LogP contribution in [0.25, 0.3) is 11.1 Å². The summed E-state index contributed by atoms with van der Waals surface area (Å²) >= 11 is 0. The minimum absolute atomic E-state index is 0.0438. The molecule has 3 aromatic carbocycles. The number of benzene rings is 3. The van der Waals surface area contributed by atoms with Crippen molar-refractivity contribution < 1.29 is 23.4 Å². The number of fused-ring (bicyclic) bond motifs is 1. The first-order valence-corrected chi connectivity index (χ1v) is 14.3. The van der Waals surface area contributed by atoms with Gasteiger partial charge in [0, 0.05) is 25.7 Å². The second kappa shape index (κ2) is 11.4. The van der Waals surface area contributed by atoms with E-state index in [1.165, 1.54) is 40.7 Å². The van der Waals surface area contributed by atoms with Gasteiger partial charge in [0.05, 0.1) is 16.6 Å². The molecular formula is C30H36N2O5S. The molecule has 202 valence electrons. The van der Waals surface area contributed by atoms with E-state index in [1.54, 1.807) is 30.3 Å². The molecule has 3 N–H and O–H groups in total. The Hall–Kier alpha value is -3.04. The molecule has 0 saturated carbocycles. The Bertz CT molecular complexity index is 1360. The van der Waals surface area contributed by atoms with E-state index in [4.69, 9.17) is 5.11 Å². The second-order valence-corrected chi connectivity index (χ2v) is 12.9. The number of aliphatic hydroxyl groups excluding tert-OH is 1. The Morgan fingerprint density at radius 2 is 1.63 bits per heavy atom. The van der Waals surface area contributed by atoms with Gasteiger partial charge in [-0.3, -0.25) is 0 Å². The zero-order valence-corrected chi connectivity index (χ0v) is 22.9. The Kier molecular flexibility index (Phi) is 8.37. The van der Waals surface area contributed by atoms with Crippen molar-refractivity contribution in [2.45, 2.75) is 49.6 Å². The zero-order valence-electron chi connectivity index (χ0n) is 22.1. The molecule has 1 atom stereocenters. The summed E-state index contributed by atoms with van der Waals surface area (Å²) in [6.07, 6.45) is 2.21. The number of likely N-dealkylation sites (N-methyl/N-ethyl adjacent to an activating group) is 1. The lowest BCUT2D eigenvalue weighted by Gasteiger charge is -2.31. The Labute approximate surface area is 225 Å². The number of carbonyl (C=O) groups is 1. The summed E-state index contributed by atoms with van der Waals surface area (Å²) in [7, 11) is -2.37. The first-order valence-electron chi connectivity index (χ1n) is 12.8. The SMILES string of the molecule is CN(CC(O)CNC(C)(C)CC1Cc2ccccc2C1)S(=O)(=O)c1cccc(-c2ccc(C(=O)O)cc2)c1. The van der Waals surface area contributed by atoms with Gasteiger partial charge in [-0.2, -0.15) is 4.31 Å². The highest BCUT2D eigenvalue weighted by molar-refractivity contribution is 7.89. The minimum Gasteiger partial charge on any atom is -0.478 e. The molecule has 0 spiro atoms. The van der Waals surface area contributed by atoms with Gasteiger partial charge in [-0.25, -0.2) is 13.2 Å². The van der Waals surface area contributed by atoms with Crippen molar-refractivity contribution in [1.82, 2.24) is 9.62 Å². The summed E-state index contributed by atoms with van der Waals surface area (Å²) in [6, 6.07) is 21.4. The topological polar surface area (TPSA) is 107 Å². The summed E-state index contributed by atoms with van der Waals surface area (Å²) in [5.74, 6) is -0.474. The first-order chi connectivity index (χ1) is 17.9. The number of sulfonamides is 1. The number of nitrogens with zero attached hydrogens (tertiary/aromatic N) is 1. The predicted molar refractivity (Wildman–Crippen MR) is 149 cm³/mol. The zero-order chi connectivity index (χ0) is 27.5. The van der Waals surface area contributed by atoms with E-state index in [0.717, 1.165) is 19.3 Å². The quantitative estimate of drug-likeness (QED) is 0.339. The van der Waals surface area contributed by atoms with Crippen molar-refractivity contribution in [2.24, 2.45) is 5.92 Å². The molecule has 0 radical (unpaired) electrons. The molecule has 1 aliphatic carbocycles. The van der Waals surface area contributed by atoms with Crippen LogP contribution in [-0.4, -0.2) is 60.7 Å². The van der Waals surface area contributed by atoms with Crippen molar-refractivity contribution in [2.75, 3.05) is 20.1 Å². The number of carboxylic acid groups (broad SMARTS) is 1. The average molecular weight is 537 g/mol. The molecule has 0 bridgehead atoms. The lowest BCUT2D eigenvalue weighted by Crippen LogP contribution is -2.47. The Balaban J connectivity index is 1.33. The molecule has 8 heteroatoms. The monoisotopic (exact) mass is 536 g/mol. The first kappa shape index (κ1) is 28.0. The van der Waals surface area contributed by atoms with E-state index in [2.05, 4.69) is 43.4 Å². The van der Waals surface area contributed by atoms with Crippen molar-refractivity contribution in [1.29, 1.82) is 0 Å².